The minimum atomic E-state index is -0.589. The van der Waals surface area contributed by atoms with E-state index in [2.05, 4.69) is 10.6 Å². The van der Waals surface area contributed by atoms with Crippen LogP contribution < -0.4 is 16.4 Å². The predicted octanol–water partition coefficient (Wildman–Crippen LogP) is 1.08. The van der Waals surface area contributed by atoms with Crippen molar-refractivity contribution in [2.45, 2.75) is 18.9 Å². The van der Waals surface area contributed by atoms with Crippen LogP contribution in [0.4, 0.5) is 11.4 Å². The van der Waals surface area contributed by atoms with Crippen LogP contribution in [0.2, 0.25) is 0 Å². The summed E-state index contributed by atoms with van der Waals surface area (Å²) >= 11 is 0. The van der Waals surface area contributed by atoms with Crippen LogP contribution in [0.3, 0.4) is 0 Å². The first kappa shape index (κ1) is 16.2. The highest BCUT2D eigenvalue weighted by Gasteiger charge is 2.19. The molecular weight excluding hydrogens is 284 g/mol. The molecule has 4 N–H and O–H groups in total. The Kier molecular flexibility index (Phi) is 5.72. The number of piperidine rings is 1. The monoisotopic (exact) mass is 300 g/mol. The van der Waals surface area contributed by atoms with Gasteiger partial charge in [0.1, 0.15) is 5.69 Å². The van der Waals surface area contributed by atoms with E-state index in [1.807, 2.05) is 0 Å². The number of nitrogens with two attached hydrogens (primary N) is 1. The van der Waals surface area contributed by atoms with Gasteiger partial charge in [-0.25, -0.2) is 0 Å². The summed E-state index contributed by atoms with van der Waals surface area (Å²) in [6, 6.07) is 4.15. The summed E-state index contributed by atoms with van der Waals surface area (Å²) in [4.78, 5) is 22.2. The van der Waals surface area contributed by atoms with Crippen LogP contribution in [0, 0.1) is 10.1 Å². The molecule has 0 bridgehead atoms. The molecule has 0 aromatic heterocycles. The van der Waals surface area contributed by atoms with E-state index in [4.69, 9.17) is 5.73 Å². The van der Waals surface area contributed by atoms with Gasteiger partial charge in [-0.1, -0.05) is 0 Å². The van der Waals surface area contributed by atoms with Crippen molar-refractivity contribution in [1.29, 1.82) is 0 Å². The molecule has 1 heterocycles. The summed E-state index contributed by atoms with van der Waals surface area (Å²) in [5, 5.41) is 16.8. The Balaban J connectivity index is 0.00000200. The Labute approximate surface area is 122 Å². The number of hydrogen-bond donors (Lipinski definition) is 3. The molecule has 110 valence electrons. The van der Waals surface area contributed by atoms with Crippen molar-refractivity contribution < 1.29 is 9.72 Å². The number of rotatable bonds is 3. The van der Waals surface area contributed by atoms with Gasteiger partial charge in [0, 0.05) is 24.2 Å². The zero-order valence-corrected chi connectivity index (χ0v) is 11.6. The Morgan fingerprint density at radius 3 is 2.85 bits per heavy atom. The molecule has 2 rings (SSSR count). The second-order valence-corrected chi connectivity index (χ2v) is 4.55. The number of nitrogens with one attached hydrogen (secondary N) is 2. The fourth-order valence-corrected chi connectivity index (χ4v) is 2.09. The molecule has 1 aliphatic heterocycles. The topological polar surface area (TPSA) is 110 Å². The van der Waals surface area contributed by atoms with Gasteiger partial charge < -0.3 is 16.4 Å². The van der Waals surface area contributed by atoms with E-state index >= 15 is 0 Å². The van der Waals surface area contributed by atoms with Crippen molar-refractivity contribution in [3.8, 4) is 0 Å². The van der Waals surface area contributed by atoms with Crippen LogP contribution in [0.1, 0.15) is 23.2 Å². The first-order chi connectivity index (χ1) is 9.08. The van der Waals surface area contributed by atoms with Crippen molar-refractivity contribution in [3.05, 3.63) is 33.9 Å². The molecule has 1 fully saturated rings. The summed E-state index contributed by atoms with van der Waals surface area (Å²) in [5.74, 6) is -0.309. The molecule has 0 radical (unpaired) electrons. The van der Waals surface area contributed by atoms with Crippen LogP contribution in [0.25, 0.3) is 0 Å². The summed E-state index contributed by atoms with van der Waals surface area (Å²) in [6.45, 7) is 1.68. The number of amides is 1. The third kappa shape index (κ3) is 3.82. The highest BCUT2D eigenvalue weighted by Crippen LogP contribution is 2.22. The molecule has 0 aliphatic carbocycles. The first-order valence-electron chi connectivity index (χ1n) is 6.13. The second kappa shape index (κ2) is 7.06. The lowest BCUT2D eigenvalue weighted by atomic mass is 10.1. The van der Waals surface area contributed by atoms with Crippen LogP contribution in [-0.4, -0.2) is 30.0 Å². The fraction of sp³-hybridized carbons (Fsp3) is 0.417. The van der Waals surface area contributed by atoms with Gasteiger partial charge in [-0.3, -0.25) is 14.9 Å². The molecule has 1 aromatic rings. The zero-order valence-electron chi connectivity index (χ0n) is 10.8. The van der Waals surface area contributed by atoms with Gasteiger partial charge >= 0.3 is 0 Å². The predicted molar refractivity (Wildman–Crippen MR) is 78.1 cm³/mol. The Morgan fingerprint density at radius 1 is 1.50 bits per heavy atom. The number of carbonyl (C=O) groups excluding carboxylic acids is 1. The average Bonchev–Trinajstić information content (AvgIpc) is 2.40. The lowest BCUT2D eigenvalue weighted by Crippen LogP contribution is -2.45. The van der Waals surface area contributed by atoms with Crippen molar-refractivity contribution in [3.63, 3.8) is 0 Å². The zero-order chi connectivity index (χ0) is 13.8. The van der Waals surface area contributed by atoms with Crippen molar-refractivity contribution >= 4 is 29.7 Å². The van der Waals surface area contributed by atoms with E-state index in [1.165, 1.54) is 18.2 Å². The number of anilines is 1. The van der Waals surface area contributed by atoms with Crippen LogP contribution in [0.5, 0.6) is 0 Å². The number of halogens is 1. The maximum absolute atomic E-state index is 12.0. The highest BCUT2D eigenvalue weighted by molar-refractivity contribution is 5.95. The molecule has 7 nitrogen and oxygen atoms in total. The Hall–Kier alpha value is -1.86. The lowest BCUT2D eigenvalue weighted by Gasteiger charge is -2.23. The molecular formula is C12H17ClN4O3. The highest BCUT2D eigenvalue weighted by atomic mass is 35.5. The van der Waals surface area contributed by atoms with E-state index in [-0.39, 0.29) is 41.3 Å². The summed E-state index contributed by atoms with van der Waals surface area (Å²) < 4.78 is 0. The lowest BCUT2D eigenvalue weighted by molar-refractivity contribution is -0.383. The van der Waals surface area contributed by atoms with E-state index in [0.29, 0.717) is 0 Å². The molecule has 0 saturated carbocycles. The largest absolute Gasteiger partial charge is 0.393 e. The van der Waals surface area contributed by atoms with Crippen LogP contribution in [0.15, 0.2) is 18.2 Å². The van der Waals surface area contributed by atoms with Gasteiger partial charge in [-0.05, 0) is 31.5 Å². The van der Waals surface area contributed by atoms with Gasteiger partial charge in [0.15, 0.2) is 0 Å². The number of benzene rings is 1. The molecule has 20 heavy (non-hydrogen) atoms. The van der Waals surface area contributed by atoms with Crippen LogP contribution in [-0.2, 0) is 0 Å². The number of nitrogens with zero attached hydrogens (tertiary/aromatic N) is 1. The van der Waals surface area contributed by atoms with Crippen molar-refractivity contribution in [2.24, 2.45) is 0 Å². The van der Waals surface area contributed by atoms with Crippen LogP contribution >= 0.6 is 12.4 Å². The van der Waals surface area contributed by atoms with E-state index in [9.17, 15) is 14.9 Å². The van der Waals surface area contributed by atoms with Crippen molar-refractivity contribution in [2.75, 3.05) is 18.8 Å². The number of nitro benzene ring substituents is 1. The molecule has 1 atom stereocenters. The number of hydrogen-bond acceptors (Lipinski definition) is 5. The molecule has 0 unspecified atom stereocenters. The molecule has 1 aromatic carbocycles. The van der Waals surface area contributed by atoms with Gasteiger partial charge in [-0.2, -0.15) is 0 Å². The van der Waals surface area contributed by atoms with Gasteiger partial charge in [0.05, 0.1) is 4.92 Å². The number of nitrogen functional groups attached to an aromatic ring is 1. The maximum atomic E-state index is 12.0. The number of carbonyl (C=O) groups is 1. The minimum absolute atomic E-state index is 0. The average molecular weight is 301 g/mol. The van der Waals surface area contributed by atoms with E-state index in [1.54, 1.807) is 0 Å². The van der Waals surface area contributed by atoms with Gasteiger partial charge in [0.2, 0.25) is 0 Å². The number of nitro groups is 1. The SMILES string of the molecule is Cl.Nc1ccc(C(=O)N[C@H]2CCCNC2)cc1[N+](=O)[O-]. The fourth-order valence-electron chi connectivity index (χ4n) is 2.09. The van der Waals surface area contributed by atoms with Gasteiger partial charge in [0.25, 0.3) is 11.6 Å². The summed E-state index contributed by atoms with van der Waals surface area (Å²) in [6.07, 6.45) is 1.92. The third-order valence-corrected chi connectivity index (χ3v) is 3.12. The molecule has 8 heteroatoms. The summed E-state index contributed by atoms with van der Waals surface area (Å²) in [5.41, 5.74) is 5.56. The quantitative estimate of drug-likeness (QED) is 0.439. The Morgan fingerprint density at radius 2 is 2.25 bits per heavy atom. The third-order valence-electron chi connectivity index (χ3n) is 3.12. The molecule has 1 amide bonds. The maximum Gasteiger partial charge on any atom is 0.292 e. The second-order valence-electron chi connectivity index (χ2n) is 4.55. The summed E-state index contributed by atoms with van der Waals surface area (Å²) in [7, 11) is 0. The van der Waals surface area contributed by atoms with Crippen molar-refractivity contribution in [1.82, 2.24) is 10.6 Å². The van der Waals surface area contributed by atoms with E-state index in [0.717, 1.165) is 25.9 Å². The van der Waals surface area contributed by atoms with Gasteiger partial charge in [-0.15, -0.1) is 12.4 Å². The molecule has 1 saturated heterocycles. The molecule has 1 aliphatic rings. The standard InChI is InChI=1S/C12H16N4O3.ClH/c13-10-4-3-8(6-11(10)16(18)19)12(17)15-9-2-1-5-14-7-9;/h3-4,6,9,14H,1-2,5,7,13H2,(H,15,17);1H/t9-;/m0./s1. The smallest absolute Gasteiger partial charge is 0.292 e. The first-order valence-corrected chi connectivity index (χ1v) is 6.13. The Bertz CT molecular complexity index is 503. The normalized spacial score (nSPS) is 17.9. The van der Waals surface area contributed by atoms with E-state index < -0.39 is 4.92 Å². The minimum Gasteiger partial charge on any atom is -0.393 e. The molecule has 0 spiro atoms.